The lowest BCUT2D eigenvalue weighted by Crippen LogP contribution is -2.42. The number of sulfonamides is 1. The molecule has 0 saturated carbocycles. The van der Waals surface area contributed by atoms with E-state index in [1.807, 2.05) is 0 Å². The summed E-state index contributed by atoms with van der Waals surface area (Å²) in [5.41, 5.74) is 0. The van der Waals surface area contributed by atoms with E-state index in [1.54, 1.807) is 4.72 Å². The molecule has 1 rings (SSSR count). The van der Waals surface area contributed by atoms with Crippen LogP contribution in [0.3, 0.4) is 0 Å². The van der Waals surface area contributed by atoms with Crippen LogP contribution in [0, 0.1) is 0 Å². The lowest BCUT2D eigenvalue weighted by Gasteiger charge is -2.13. The van der Waals surface area contributed by atoms with E-state index >= 15 is 0 Å². The van der Waals surface area contributed by atoms with Crippen LogP contribution in [0.5, 0.6) is 0 Å². The van der Waals surface area contributed by atoms with Crippen molar-refractivity contribution in [3.63, 3.8) is 0 Å². The number of carboxylic acids is 2. The zero-order valence-corrected chi connectivity index (χ0v) is 11.0. The van der Waals surface area contributed by atoms with E-state index in [-0.39, 0.29) is 9.92 Å². The predicted molar refractivity (Wildman–Crippen MR) is 65.5 cm³/mol. The Kier molecular flexibility index (Phi) is 4.87. The van der Waals surface area contributed by atoms with Gasteiger partial charge in [-0.25, -0.2) is 8.42 Å². The third kappa shape index (κ3) is 4.19. The molecule has 0 amide bonds. The average molecular weight is 308 g/mol. The van der Waals surface area contributed by atoms with E-state index in [9.17, 15) is 18.0 Å². The van der Waals surface area contributed by atoms with Gasteiger partial charge < -0.3 is 10.2 Å². The normalized spacial score (nSPS) is 12.9. The van der Waals surface area contributed by atoms with E-state index in [0.717, 1.165) is 0 Å². The highest BCUT2D eigenvalue weighted by Gasteiger charge is 2.28. The van der Waals surface area contributed by atoms with Crippen molar-refractivity contribution in [2.45, 2.75) is 17.4 Å². The van der Waals surface area contributed by atoms with Gasteiger partial charge in [-0.15, -0.1) is 0 Å². The molecule has 0 bridgehead atoms. The van der Waals surface area contributed by atoms with Crippen molar-refractivity contribution in [2.24, 2.45) is 0 Å². The maximum Gasteiger partial charge on any atom is 0.322 e. The summed E-state index contributed by atoms with van der Waals surface area (Å²) in [4.78, 5) is 21.0. The van der Waals surface area contributed by atoms with Gasteiger partial charge in [-0.3, -0.25) is 9.59 Å². The summed E-state index contributed by atoms with van der Waals surface area (Å²) in [6.07, 6.45) is -0.876. The Labute approximate surface area is 113 Å². The molecule has 19 heavy (non-hydrogen) atoms. The maximum absolute atomic E-state index is 11.9. The maximum atomic E-state index is 11.9. The number of aliphatic carboxylic acids is 2. The number of hydrogen-bond acceptors (Lipinski definition) is 4. The second-order valence-corrected chi connectivity index (χ2v) is 5.63. The highest BCUT2D eigenvalue weighted by Crippen LogP contribution is 2.20. The SMILES string of the molecule is O=C(O)CC(NS(=O)(=O)c1ccccc1Cl)C(=O)O. The van der Waals surface area contributed by atoms with E-state index in [4.69, 9.17) is 21.8 Å². The zero-order chi connectivity index (χ0) is 14.6. The van der Waals surface area contributed by atoms with Crippen LogP contribution in [0.25, 0.3) is 0 Å². The van der Waals surface area contributed by atoms with Gasteiger partial charge in [0.15, 0.2) is 0 Å². The molecule has 0 radical (unpaired) electrons. The molecule has 0 saturated heterocycles. The van der Waals surface area contributed by atoms with Gasteiger partial charge in [-0.05, 0) is 12.1 Å². The van der Waals surface area contributed by atoms with Gasteiger partial charge in [0.2, 0.25) is 10.0 Å². The summed E-state index contributed by atoms with van der Waals surface area (Å²) in [5, 5.41) is 17.2. The second kappa shape index (κ2) is 6.00. The van der Waals surface area contributed by atoms with Crippen molar-refractivity contribution < 1.29 is 28.2 Å². The van der Waals surface area contributed by atoms with Gasteiger partial charge in [0.25, 0.3) is 0 Å². The largest absolute Gasteiger partial charge is 0.481 e. The molecular formula is C10H10ClNO6S. The lowest BCUT2D eigenvalue weighted by molar-refractivity contribution is -0.145. The molecule has 0 spiro atoms. The third-order valence-corrected chi connectivity index (χ3v) is 4.07. The fourth-order valence-electron chi connectivity index (χ4n) is 1.27. The van der Waals surface area contributed by atoms with E-state index in [1.165, 1.54) is 24.3 Å². The smallest absolute Gasteiger partial charge is 0.322 e. The van der Waals surface area contributed by atoms with Gasteiger partial charge in [0, 0.05) is 0 Å². The Morgan fingerprint density at radius 3 is 2.32 bits per heavy atom. The highest BCUT2D eigenvalue weighted by atomic mass is 35.5. The first-order valence-electron chi connectivity index (χ1n) is 4.95. The number of carboxylic acid groups (broad SMARTS) is 2. The molecule has 0 aromatic heterocycles. The fraction of sp³-hybridized carbons (Fsp3) is 0.200. The second-order valence-electron chi connectivity index (χ2n) is 3.54. The van der Waals surface area contributed by atoms with E-state index < -0.39 is 34.4 Å². The molecule has 7 nitrogen and oxygen atoms in total. The Hall–Kier alpha value is -1.64. The number of benzene rings is 1. The van der Waals surface area contributed by atoms with Gasteiger partial charge >= 0.3 is 11.9 Å². The van der Waals surface area contributed by atoms with Crippen molar-refractivity contribution in [1.82, 2.24) is 4.72 Å². The molecule has 1 aromatic rings. The fourth-order valence-corrected chi connectivity index (χ4v) is 2.98. The van der Waals surface area contributed by atoms with Crippen LogP contribution in [0.1, 0.15) is 6.42 Å². The summed E-state index contributed by atoms with van der Waals surface area (Å²) in [7, 11) is -4.21. The molecular weight excluding hydrogens is 298 g/mol. The van der Waals surface area contributed by atoms with Crippen LogP contribution in [0.2, 0.25) is 5.02 Å². The number of rotatable bonds is 6. The summed E-state index contributed by atoms with van der Waals surface area (Å²) >= 11 is 5.69. The summed E-state index contributed by atoms with van der Waals surface area (Å²) in [5.74, 6) is -3.02. The number of hydrogen-bond donors (Lipinski definition) is 3. The molecule has 0 heterocycles. The molecule has 1 unspecified atom stereocenters. The first kappa shape index (κ1) is 15.4. The van der Waals surface area contributed by atoms with Crippen molar-refractivity contribution in [3.05, 3.63) is 29.3 Å². The Bertz CT molecular complexity index is 600. The third-order valence-electron chi connectivity index (χ3n) is 2.10. The van der Waals surface area contributed by atoms with Gasteiger partial charge in [0.05, 0.1) is 11.4 Å². The Morgan fingerprint density at radius 1 is 1.26 bits per heavy atom. The molecule has 0 aliphatic heterocycles. The van der Waals surface area contributed by atoms with E-state index in [0.29, 0.717) is 0 Å². The van der Waals surface area contributed by atoms with Crippen LogP contribution in [0.4, 0.5) is 0 Å². The topological polar surface area (TPSA) is 121 Å². The summed E-state index contributed by atoms with van der Waals surface area (Å²) in [6.45, 7) is 0. The van der Waals surface area contributed by atoms with Crippen molar-refractivity contribution in [2.75, 3.05) is 0 Å². The first-order valence-corrected chi connectivity index (χ1v) is 6.81. The first-order chi connectivity index (χ1) is 8.74. The zero-order valence-electron chi connectivity index (χ0n) is 9.41. The minimum atomic E-state index is -4.21. The van der Waals surface area contributed by atoms with Crippen molar-refractivity contribution in [3.8, 4) is 0 Å². The van der Waals surface area contributed by atoms with Crippen LogP contribution >= 0.6 is 11.6 Å². The monoisotopic (exact) mass is 307 g/mol. The van der Waals surface area contributed by atoms with Crippen LogP contribution in [-0.4, -0.2) is 36.6 Å². The Balaban J connectivity index is 3.04. The van der Waals surface area contributed by atoms with Crippen molar-refractivity contribution >= 4 is 33.6 Å². The lowest BCUT2D eigenvalue weighted by atomic mass is 10.2. The summed E-state index contributed by atoms with van der Waals surface area (Å²) < 4.78 is 25.6. The van der Waals surface area contributed by atoms with Gasteiger partial charge in [-0.2, -0.15) is 4.72 Å². The minimum absolute atomic E-state index is 0.0885. The number of carbonyl (C=O) groups is 2. The van der Waals surface area contributed by atoms with Gasteiger partial charge in [0.1, 0.15) is 10.9 Å². The van der Waals surface area contributed by atoms with Crippen LogP contribution < -0.4 is 4.72 Å². The molecule has 0 aliphatic rings. The standard InChI is InChI=1S/C10H10ClNO6S/c11-6-3-1-2-4-8(6)19(17,18)12-7(10(15)16)5-9(13)14/h1-4,7,12H,5H2,(H,13,14)(H,15,16). The molecule has 0 fully saturated rings. The van der Waals surface area contributed by atoms with Gasteiger partial charge in [-0.1, -0.05) is 23.7 Å². The van der Waals surface area contributed by atoms with Crippen LogP contribution in [0.15, 0.2) is 29.2 Å². The molecule has 104 valence electrons. The van der Waals surface area contributed by atoms with Crippen LogP contribution in [-0.2, 0) is 19.6 Å². The number of nitrogens with one attached hydrogen (secondary N) is 1. The molecule has 1 atom stereocenters. The molecule has 0 aliphatic carbocycles. The molecule has 1 aromatic carbocycles. The van der Waals surface area contributed by atoms with E-state index in [2.05, 4.69) is 0 Å². The molecule has 3 N–H and O–H groups in total. The molecule has 9 heteroatoms. The van der Waals surface area contributed by atoms with Crippen molar-refractivity contribution in [1.29, 1.82) is 0 Å². The average Bonchev–Trinajstić information content (AvgIpc) is 2.27. The summed E-state index contributed by atoms with van der Waals surface area (Å²) in [6, 6.07) is 3.66. The highest BCUT2D eigenvalue weighted by molar-refractivity contribution is 7.89. The quantitative estimate of drug-likeness (QED) is 0.705. The minimum Gasteiger partial charge on any atom is -0.481 e. The number of halogens is 1. The predicted octanol–water partition coefficient (Wildman–Crippen LogP) is 0.546. The Morgan fingerprint density at radius 2 is 1.84 bits per heavy atom.